The molecule has 0 bridgehead atoms. The molecule has 0 aliphatic carbocycles. The number of nitrogens with zero attached hydrogens (tertiary/aromatic N) is 2. The van der Waals surface area contributed by atoms with Crippen LogP contribution in [0, 0.1) is 0 Å². The first-order chi connectivity index (χ1) is 7.42. The molecule has 1 aromatic heterocycles. The van der Waals surface area contributed by atoms with Gasteiger partial charge in [0.15, 0.2) is 5.82 Å². The largest absolute Gasteiger partial charge is 0.383 e. The molecule has 1 rings (SSSR count). The third kappa shape index (κ3) is 4.26. The Balaban J connectivity index is 2.51. The number of nitrogens with two attached hydrogens (primary N) is 1. The molecule has 2 N–H and O–H groups in total. The van der Waals surface area contributed by atoms with E-state index in [4.69, 9.17) is 19.7 Å². The summed E-state index contributed by atoms with van der Waals surface area (Å²) < 4.78 is 15.4. The highest BCUT2D eigenvalue weighted by Crippen LogP contribution is 2.12. The summed E-state index contributed by atoms with van der Waals surface area (Å²) in [6, 6.07) is -0.364. The normalized spacial score (nSPS) is 14.1. The number of hydrogen-bond donors (Lipinski definition) is 1. The SMILES string of the molecule is COCC(N)c1noc(COC(C)(C)C)n1. The van der Waals surface area contributed by atoms with Gasteiger partial charge >= 0.3 is 0 Å². The van der Waals surface area contributed by atoms with Gasteiger partial charge in [-0.25, -0.2) is 0 Å². The van der Waals surface area contributed by atoms with Crippen molar-refractivity contribution in [3.8, 4) is 0 Å². The summed E-state index contributed by atoms with van der Waals surface area (Å²) in [7, 11) is 1.57. The van der Waals surface area contributed by atoms with Gasteiger partial charge in [0.25, 0.3) is 5.89 Å². The van der Waals surface area contributed by atoms with Crippen LogP contribution in [0.3, 0.4) is 0 Å². The van der Waals surface area contributed by atoms with Gasteiger partial charge < -0.3 is 19.7 Å². The highest BCUT2D eigenvalue weighted by atomic mass is 16.5. The number of rotatable bonds is 5. The van der Waals surface area contributed by atoms with Crippen LogP contribution in [0.25, 0.3) is 0 Å². The van der Waals surface area contributed by atoms with Crippen molar-refractivity contribution in [3.63, 3.8) is 0 Å². The lowest BCUT2D eigenvalue weighted by atomic mass is 10.2. The van der Waals surface area contributed by atoms with Gasteiger partial charge in [-0.1, -0.05) is 5.16 Å². The van der Waals surface area contributed by atoms with Crippen LogP contribution in [0.4, 0.5) is 0 Å². The van der Waals surface area contributed by atoms with Gasteiger partial charge in [0.1, 0.15) is 6.61 Å². The van der Waals surface area contributed by atoms with E-state index in [1.54, 1.807) is 7.11 Å². The van der Waals surface area contributed by atoms with Crippen LogP contribution in [0.5, 0.6) is 0 Å². The Hall–Kier alpha value is -0.980. The quantitative estimate of drug-likeness (QED) is 0.811. The van der Waals surface area contributed by atoms with E-state index < -0.39 is 0 Å². The first kappa shape index (κ1) is 13.1. The molecule has 0 aromatic carbocycles. The lowest BCUT2D eigenvalue weighted by molar-refractivity contribution is -0.0260. The molecule has 0 fully saturated rings. The molecule has 6 nitrogen and oxygen atoms in total. The molecular formula is C10H19N3O3. The van der Waals surface area contributed by atoms with E-state index in [2.05, 4.69) is 10.1 Å². The van der Waals surface area contributed by atoms with Crippen molar-refractivity contribution in [2.45, 2.75) is 39.0 Å². The Kier molecular flexibility index (Phi) is 4.40. The average molecular weight is 229 g/mol. The number of ether oxygens (including phenoxy) is 2. The van der Waals surface area contributed by atoms with E-state index in [1.807, 2.05) is 20.8 Å². The molecule has 0 amide bonds. The molecular weight excluding hydrogens is 210 g/mol. The van der Waals surface area contributed by atoms with Crippen LogP contribution >= 0.6 is 0 Å². The highest BCUT2D eigenvalue weighted by Gasteiger charge is 2.16. The number of hydrogen-bond acceptors (Lipinski definition) is 6. The fourth-order valence-electron chi connectivity index (χ4n) is 1.01. The third-order valence-corrected chi connectivity index (χ3v) is 1.79. The van der Waals surface area contributed by atoms with Crippen LogP contribution in [0.15, 0.2) is 4.52 Å². The minimum absolute atomic E-state index is 0.233. The van der Waals surface area contributed by atoms with Gasteiger partial charge in [0.2, 0.25) is 0 Å². The van der Waals surface area contributed by atoms with Gasteiger partial charge in [0, 0.05) is 7.11 Å². The minimum atomic E-state index is -0.364. The van der Waals surface area contributed by atoms with E-state index in [0.717, 1.165) is 0 Å². The molecule has 0 spiro atoms. The average Bonchev–Trinajstić information content (AvgIpc) is 2.62. The summed E-state index contributed by atoms with van der Waals surface area (Å²) in [6.45, 7) is 6.53. The van der Waals surface area contributed by atoms with E-state index >= 15 is 0 Å². The van der Waals surface area contributed by atoms with Gasteiger partial charge in [-0.05, 0) is 20.8 Å². The summed E-state index contributed by atoms with van der Waals surface area (Å²) in [5.74, 6) is 0.867. The Labute approximate surface area is 95.1 Å². The summed E-state index contributed by atoms with van der Waals surface area (Å²) in [5.41, 5.74) is 5.52. The summed E-state index contributed by atoms with van der Waals surface area (Å²) >= 11 is 0. The first-order valence-electron chi connectivity index (χ1n) is 5.13. The fourth-order valence-corrected chi connectivity index (χ4v) is 1.01. The standard InChI is InChI=1S/C10H19N3O3/c1-10(2,3)15-6-8-12-9(13-16-8)7(11)5-14-4/h7H,5-6,11H2,1-4H3. The first-order valence-corrected chi connectivity index (χ1v) is 5.13. The minimum Gasteiger partial charge on any atom is -0.383 e. The maximum atomic E-state index is 5.75. The van der Waals surface area contributed by atoms with Gasteiger partial charge in [-0.15, -0.1) is 0 Å². The summed E-state index contributed by atoms with van der Waals surface area (Å²) in [6.07, 6.45) is 0. The van der Waals surface area contributed by atoms with Gasteiger partial charge in [-0.2, -0.15) is 4.98 Å². The molecule has 0 aliphatic heterocycles. The van der Waals surface area contributed by atoms with Crippen LogP contribution in [-0.4, -0.2) is 29.5 Å². The molecule has 1 atom stereocenters. The van der Waals surface area contributed by atoms with Gasteiger partial charge in [0.05, 0.1) is 18.2 Å². The zero-order valence-electron chi connectivity index (χ0n) is 10.2. The van der Waals surface area contributed by atoms with Crippen molar-refractivity contribution < 1.29 is 14.0 Å². The lowest BCUT2D eigenvalue weighted by Gasteiger charge is -2.17. The molecule has 0 aliphatic rings. The van der Waals surface area contributed by atoms with E-state index in [0.29, 0.717) is 18.3 Å². The fraction of sp³-hybridized carbons (Fsp3) is 0.800. The van der Waals surface area contributed by atoms with Crippen LogP contribution in [-0.2, 0) is 16.1 Å². The molecule has 0 radical (unpaired) electrons. The van der Waals surface area contributed by atoms with Crippen molar-refractivity contribution in [2.24, 2.45) is 5.73 Å². The molecule has 0 saturated heterocycles. The Bertz CT molecular complexity index is 319. The second-order valence-electron chi connectivity index (χ2n) is 4.51. The Morgan fingerprint density at radius 3 is 2.69 bits per heavy atom. The van der Waals surface area contributed by atoms with Crippen molar-refractivity contribution in [1.82, 2.24) is 10.1 Å². The molecule has 1 heterocycles. The Morgan fingerprint density at radius 2 is 2.12 bits per heavy atom. The zero-order valence-corrected chi connectivity index (χ0v) is 10.2. The van der Waals surface area contributed by atoms with Crippen LogP contribution in [0.2, 0.25) is 0 Å². The summed E-state index contributed by atoms with van der Waals surface area (Å²) in [5, 5.41) is 3.76. The smallest absolute Gasteiger partial charge is 0.252 e. The topological polar surface area (TPSA) is 83.4 Å². The highest BCUT2D eigenvalue weighted by molar-refractivity contribution is 4.92. The summed E-state index contributed by atoms with van der Waals surface area (Å²) in [4.78, 5) is 4.12. The van der Waals surface area contributed by atoms with Crippen LogP contribution in [0.1, 0.15) is 38.5 Å². The molecule has 16 heavy (non-hydrogen) atoms. The van der Waals surface area contributed by atoms with E-state index in [-0.39, 0.29) is 18.2 Å². The van der Waals surface area contributed by atoms with Crippen LogP contribution < -0.4 is 5.73 Å². The van der Waals surface area contributed by atoms with E-state index in [1.165, 1.54) is 0 Å². The molecule has 6 heteroatoms. The second-order valence-corrected chi connectivity index (χ2v) is 4.51. The number of aromatic nitrogens is 2. The predicted octanol–water partition coefficient (Wildman–Crippen LogP) is 1.03. The zero-order chi connectivity index (χ0) is 12.2. The molecule has 1 unspecified atom stereocenters. The third-order valence-electron chi connectivity index (χ3n) is 1.79. The second kappa shape index (κ2) is 5.38. The van der Waals surface area contributed by atoms with Crippen molar-refractivity contribution in [3.05, 3.63) is 11.7 Å². The maximum Gasteiger partial charge on any atom is 0.252 e. The van der Waals surface area contributed by atoms with Crippen molar-refractivity contribution >= 4 is 0 Å². The monoisotopic (exact) mass is 229 g/mol. The lowest BCUT2D eigenvalue weighted by Crippen LogP contribution is -2.19. The molecule has 0 saturated carbocycles. The van der Waals surface area contributed by atoms with Gasteiger partial charge in [-0.3, -0.25) is 0 Å². The molecule has 92 valence electrons. The van der Waals surface area contributed by atoms with Crippen molar-refractivity contribution in [1.29, 1.82) is 0 Å². The number of methoxy groups -OCH3 is 1. The Morgan fingerprint density at radius 1 is 1.44 bits per heavy atom. The van der Waals surface area contributed by atoms with Crippen molar-refractivity contribution in [2.75, 3.05) is 13.7 Å². The molecule has 1 aromatic rings. The maximum absolute atomic E-state index is 5.75. The van der Waals surface area contributed by atoms with E-state index in [9.17, 15) is 0 Å². The predicted molar refractivity (Wildman–Crippen MR) is 57.6 cm³/mol.